The molecule has 2 aliphatic rings. The lowest BCUT2D eigenvalue weighted by Gasteiger charge is -2.24. The van der Waals surface area contributed by atoms with E-state index >= 15 is 0 Å². The lowest BCUT2D eigenvalue weighted by molar-refractivity contribution is 0.249. The minimum absolute atomic E-state index is 0.807. The number of hydrogen-bond acceptors (Lipinski definition) is 2. The first-order chi connectivity index (χ1) is 7.75. The highest BCUT2D eigenvalue weighted by Gasteiger charge is 2.32. The molecule has 1 heterocycles. The molecule has 1 saturated carbocycles. The summed E-state index contributed by atoms with van der Waals surface area (Å²) in [5.74, 6) is 1.87. The Labute approximate surface area is 101 Å². The Morgan fingerprint density at radius 3 is 2.81 bits per heavy atom. The molecule has 16 heavy (non-hydrogen) atoms. The predicted octanol–water partition coefficient (Wildman–Crippen LogP) is 2.50. The van der Waals surface area contributed by atoms with Crippen molar-refractivity contribution in [3.63, 3.8) is 0 Å². The van der Waals surface area contributed by atoms with Gasteiger partial charge in [-0.2, -0.15) is 0 Å². The van der Waals surface area contributed by atoms with Gasteiger partial charge in [0.25, 0.3) is 0 Å². The summed E-state index contributed by atoms with van der Waals surface area (Å²) in [7, 11) is 0. The van der Waals surface area contributed by atoms with Crippen LogP contribution < -0.4 is 5.32 Å². The third kappa shape index (κ3) is 4.06. The zero-order valence-corrected chi connectivity index (χ0v) is 11.0. The second-order valence-corrected chi connectivity index (χ2v) is 6.09. The van der Waals surface area contributed by atoms with Gasteiger partial charge in [-0.15, -0.1) is 0 Å². The molecule has 1 N–H and O–H groups in total. The van der Waals surface area contributed by atoms with Crippen LogP contribution >= 0.6 is 0 Å². The molecule has 0 bridgehead atoms. The van der Waals surface area contributed by atoms with E-state index in [1.54, 1.807) is 0 Å². The zero-order valence-electron chi connectivity index (χ0n) is 11.0. The third-order valence-electron chi connectivity index (χ3n) is 3.96. The third-order valence-corrected chi connectivity index (χ3v) is 3.96. The molecule has 1 saturated heterocycles. The summed E-state index contributed by atoms with van der Waals surface area (Å²) < 4.78 is 0. The number of rotatable bonds is 5. The van der Waals surface area contributed by atoms with E-state index in [2.05, 4.69) is 24.1 Å². The smallest absolute Gasteiger partial charge is 0.0223 e. The van der Waals surface area contributed by atoms with E-state index < -0.39 is 0 Å². The van der Waals surface area contributed by atoms with Gasteiger partial charge in [0.1, 0.15) is 0 Å². The van der Waals surface area contributed by atoms with E-state index in [-0.39, 0.29) is 0 Å². The van der Waals surface area contributed by atoms with Crippen LogP contribution in [0, 0.1) is 11.8 Å². The molecule has 1 aliphatic carbocycles. The molecule has 0 aromatic carbocycles. The van der Waals surface area contributed by atoms with Crippen LogP contribution in [-0.4, -0.2) is 37.1 Å². The van der Waals surface area contributed by atoms with Crippen LogP contribution in [0.2, 0.25) is 0 Å². The summed E-state index contributed by atoms with van der Waals surface area (Å²) in [5, 5.41) is 3.73. The van der Waals surface area contributed by atoms with Gasteiger partial charge in [-0.3, -0.25) is 0 Å². The Hall–Kier alpha value is -0.0800. The van der Waals surface area contributed by atoms with Gasteiger partial charge < -0.3 is 10.2 Å². The zero-order chi connectivity index (χ0) is 11.4. The number of nitrogens with zero attached hydrogens (tertiary/aromatic N) is 1. The molecular weight excluding hydrogens is 196 g/mol. The molecule has 1 unspecified atom stereocenters. The fourth-order valence-electron chi connectivity index (χ4n) is 2.76. The summed E-state index contributed by atoms with van der Waals surface area (Å²) >= 11 is 0. The van der Waals surface area contributed by atoms with Gasteiger partial charge in [0.2, 0.25) is 0 Å². The average molecular weight is 224 g/mol. The van der Waals surface area contributed by atoms with Gasteiger partial charge in [0.15, 0.2) is 0 Å². The first-order valence-electron chi connectivity index (χ1n) is 7.21. The standard InChI is InChI=1S/C14H28N2/c1-12(2)5-3-9-16-10-4-8-15-14(11-16)13-6-7-13/h12-15H,3-11H2,1-2H3. The molecule has 0 aromatic rings. The highest BCUT2D eigenvalue weighted by molar-refractivity contribution is 4.89. The molecule has 0 aromatic heterocycles. The maximum Gasteiger partial charge on any atom is 0.0223 e. The largest absolute Gasteiger partial charge is 0.312 e. The Kier molecular flexibility index (Phi) is 4.66. The molecule has 0 amide bonds. The molecule has 1 atom stereocenters. The van der Waals surface area contributed by atoms with Crippen molar-refractivity contribution in [2.45, 2.75) is 52.0 Å². The summed E-state index contributed by atoms with van der Waals surface area (Å²) in [6.07, 6.45) is 7.05. The molecular formula is C14H28N2. The summed E-state index contributed by atoms with van der Waals surface area (Å²) in [4.78, 5) is 2.70. The van der Waals surface area contributed by atoms with Gasteiger partial charge in [-0.25, -0.2) is 0 Å². The Bertz CT molecular complexity index is 199. The van der Waals surface area contributed by atoms with Crippen molar-refractivity contribution in [1.82, 2.24) is 10.2 Å². The Morgan fingerprint density at radius 2 is 2.12 bits per heavy atom. The minimum atomic E-state index is 0.807. The van der Waals surface area contributed by atoms with E-state index in [9.17, 15) is 0 Å². The van der Waals surface area contributed by atoms with Gasteiger partial charge in [0, 0.05) is 12.6 Å². The molecule has 2 heteroatoms. The van der Waals surface area contributed by atoms with Crippen molar-refractivity contribution >= 4 is 0 Å². The first kappa shape index (κ1) is 12.4. The second kappa shape index (κ2) is 6.02. The summed E-state index contributed by atoms with van der Waals surface area (Å²) in [6.45, 7) is 9.84. The fraction of sp³-hybridized carbons (Fsp3) is 1.00. The average Bonchev–Trinajstić information content (AvgIpc) is 3.03. The predicted molar refractivity (Wildman–Crippen MR) is 69.6 cm³/mol. The molecule has 2 rings (SSSR count). The molecule has 0 radical (unpaired) electrons. The van der Waals surface area contributed by atoms with Gasteiger partial charge in [-0.05, 0) is 63.6 Å². The van der Waals surface area contributed by atoms with Crippen LogP contribution in [0.4, 0.5) is 0 Å². The van der Waals surface area contributed by atoms with Crippen molar-refractivity contribution in [1.29, 1.82) is 0 Å². The van der Waals surface area contributed by atoms with E-state index in [1.807, 2.05) is 0 Å². The van der Waals surface area contributed by atoms with E-state index in [1.165, 1.54) is 58.3 Å². The lowest BCUT2D eigenvalue weighted by atomic mass is 10.1. The molecule has 0 spiro atoms. The van der Waals surface area contributed by atoms with Crippen molar-refractivity contribution in [2.24, 2.45) is 11.8 Å². The fourth-order valence-corrected chi connectivity index (χ4v) is 2.76. The Balaban J connectivity index is 1.70. The van der Waals surface area contributed by atoms with Crippen LogP contribution in [0.15, 0.2) is 0 Å². The molecule has 94 valence electrons. The summed E-state index contributed by atoms with van der Waals surface area (Å²) in [5.41, 5.74) is 0. The number of nitrogens with one attached hydrogen (secondary N) is 1. The highest BCUT2D eigenvalue weighted by Crippen LogP contribution is 2.33. The minimum Gasteiger partial charge on any atom is -0.312 e. The lowest BCUT2D eigenvalue weighted by Crippen LogP contribution is -2.39. The van der Waals surface area contributed by atoms with Crippen molar-refractivity contribution in [3.05, 3.63) is 0 Å². The van der Waals surface area contributed by atoms with Crippen molar-refractivity contribution in [3.8, 4) is 0 Å². The number of hydrogen-bond donors (Lipinski definition) is 1. The van der Waals surface area contributed by atoms with Gasteiger partial charge >= 0.3 is 0 Å². The SMILES string of the molecule is CC(C)CCCN1CCCNC(C2CC2)C1. The van der Waals surface area contributed by atoms with Crippen molar-refractivity contribution < 1.29 is 0 Å². The normalized spacial score (nSPS) is 28.3. The highest BCUT2D eigenvalue weighted by atomic mass is 15.2. The summed E-state index contributed by atoms with van der Waals surface area (Å²) in [6, 6.07) is 0.807. The van der Waals surface area contributed by atoms with Crippen LogP contribution in [0.1, 0.15) is 46.0 Å². The Morgan fingerprint density at radius 1 is 1.31 bits per heavy atom. The second-order valence-electron chi connectivity index (χ2n) is 6.09. The molecule has 1 aliphatic heterocycles. The van der Waals surface area contributed by atoms with Crippen molar-refractivity contribution in [2.75, 3.05) is 26.2 Å². The van der Waals surface area contributed by atoms with E-state index in [4.69, 9.17) is 0 Å². The van der Waals surface area contributed by atoms with Crippen LogP contribution in [-0.2, 0) is 0 Å². The maximum atomic E-state index is 3.73. The molecule has 2 nitrogen and oxygen atoms in total. The maximum absolute atomic E-state index is 3.73. The van der Waals surface area contributed by atoms with Crippen LogP contribution in [0.5, 0.6) is 0 Å². The van der Waals surface area contributed by atoms with E-state index in [0.717, 1.165) is 17.9 Å². The topological polar surface area (TPSA) is 15.3 Å². The van der Waals surface area contributed by atoms with Gasteiger partial charge in [-0.1, -0.05) is 13.8 Å². The van der Waals surface area contributed by atoms with Crippen LogP contribution in [0.3, 0.4) is 0 Å². The molecule has 2 fully saturated rings. The first-order valence-corrected chi connectivity index (χ1v) is 7.21. The quantitative estimate of drug-likeness (QED) is 0.772. The van der Waals surface area contributed by atoms with Gasteiger partial charge in [0.05, 0.1) is 0 Å². The monoisotopic (exact) mass is 224 g/mol. The van der Waals surface area contributed by atoms with Crippen LogP contribution in [0.25, 0.3) is 0 Å². The van der Waals surface area contributed by atoms with E-state index in [0.29, 0.717) is 0 Å².